The van der Waals surface area contributed by atoms with E-state index in [2.05, 4.69) is 10.3 Å². The SMILES string of the molecule is N#Cc1c(C(F)(F)F)cc(-c2cccs2)nc1SCC(=O)NCc1ccc(F)cc1. The Kier molecular flexibility index (Phi) is 6.74. The molecule has 0 saturated carbocycles. The van der Waals surface area contributed by atoms with Crippen LogP contribution in [0.5, 0.6) is 0 Å². The number of amides is 1. The van der Waals surface area contributed by atoms with Gasteiger partial charge in [0.05, 0.1) is 27.5 Å². The van der Waals surface area contributed by atoms with Crippen molar-refractivity contribution < 1.29 is 22.4 Å². The smallest absolute Gasteiger partial charge is 0.351 e. The highest BCUT2D eigenvalue weighted by Crippen LogP contribution is 2.38. The zero-order valence-electron chi connectivity index (χ0n) is 15.2. The number of nitriles is 1. The van der Waals surface area contributed by atoms with Crippen LogP contribution in [-0.4, -0.2) is 16.6 Å². The summed E-state index contributed by atoms with van der Waals surface area (Å²) in [5.41, 5.74) is -0.938. The van der Waals surface area contributed by atoms with Crippen molar-refractivity contribution >= 4 is 29.0 Å². The molecule has 0 aliphatic rings. The number of rotatable bonds is 6. The van der Waals surface area contributed by atoms with Gasteiger partial charge in [-0.15, -0.1) is 11.3 Å². The molecule has 0 spiro atoms. The molecule has 1 amide bonds. The molecule has 2 aromatic heterocycles. The first-order valence-corrected chi connectivity index (χ1v) is 10.3. The van der Waals surface area contributed by atoms with Gasteiger partial charge in [-0.3, -0.25) is 4.79 Å². The third-order valence-electron chi connectivity index (χ3n) is 3.92. The Hall–Kier alpha value is -2.90. The topological polar surface area (TPSA) is 65.8 Å². The molecule has 0 aliphatic heterocycles. The van der Waals surface area contributed by atoms with Crippen LogP contribution in [-0.2, 0) is 17.5 Å². The number of aromatic nitrogens is 1. The highest BCUT2D eigenvalue weighted by molar-refractivity contribution is 8.00. The van der Waals surface area contributed by atoms with Crippen molar-refractivity contribution in [2.45, 2.75) is 17.7 Å². The summed E-state index contributed by atoms with van der Waals surface area (Å²) in [6, 6.07) is 11.3. The van der Waals surface area contributed by atoms with Crippen LogP contribution in [0, 0.1) is 17.1 Å². The van der Waals surface area contributed by atoms with E-state index in [0.717, 1.165) is 17.8 Å². The number of alkyl halides is 3. The monoisotopic (exact) mass is 451 g/mol. The minimum Gasteiger partial charge on any atom is -0.351 e. The van der Waals surface area contributed by atoms with Crippen LogP contribution in [0.3, 0.4) is 0 Å². The van der Waals surface area contributed by atoms with Crippen molar-refractivity contribution in [3.05, 3.63) is 70.4 Å². The van der Waals surface area contributed by atoms with Gasteiger partial charge in [-0.05, 0) is 35.2 Å². The van der Waals surface area contributed by atoms with Gasteiger partial charge in [-0.25, -0.2) is 9.37 Å². The molecule has 3 aromatic rings. The summed E-state index contributed by atoms with van der Waals surface area (Å²) in [5, 5.41) is 13.4. The average molecular weight is 451 g/mol. The Balaban J connectivity index is 1.78. The number of carbonyl (C=O) groups excluding carboxylic acids is 1. The summed E-state index contributed by atoms with van der Waals surface area (Å²) in [7, 11) is 0. The molecule has 0 atom stereocenters. The third kappa shape index (κ3) is 5.37. The predicted molar refractivity (Wildman–Crippen MR) is 106 cm³/mol. The van der Waals surface area contributed by atoms with Crippen LogP contribution in [0.4, 0.5) is 17.6 Å². The summed E-state index contributed by atoms with van der Waals surface area (Å²) in [5.74, 6) is -1.08. The molecule has 0 radical (unpaired) electrons. The molecule has 0 fully saturated rings. The number of hydrogen-bond acceptors (Lipinski definition) is 5. The van der Waals surface area contributed by atoms with E-state index >= 15 is 0 Å². The molecule has 10 heteroatoms. The van der Waals surface area contributed by atoms with E-state index in [1.807, 2.05) is 0 Å². The molecular weight excluding hydrogens is 438 g/mol. The largest absolute Gasteiger partial charge is 0.417 e. The van der Waals surface area contributed by atoms with Gasteiger partial charge in [0.15, 0.2) is 0 Å². The number of nitrogens with one attached hydrogen (secondary N) is 1. The molecule has 154 valence electrons. The Morgan fingerprint density at radius 1 is 1.23 bits per heavy atom. The lowest BCUT2D eigenvalue weighted by atomic mass is 10.1. The average Bonchev–Trinajstić information content (AvgIpc) is 3.25. The lowest BCUT2D eigenvalue weighted by Gasteiger charge is -2.13. The number of pyridine rings is 1. The van der Waals surface area contributed by atoms with Crippen molar-refractivity contribution in [1.82, 2.24) is 10.3 Å². The van der Waals surface area contributed by atoms with E-state index in [4.69, 9.17) is 0 Å². The molecule has 1 N–H and O–H groups in total. The zero-order valence-corrected chi connectivity index (χ0v) is 16.8. The highest BCUT2D eigenvalue weighted by atomic mass is 32.2. The molecule has 0 aliphatic carbocycles. The normalized spacial score (nSPS) is 11.2. The summed E-state index contributed by atoms with van der Waals surface area (Å²) >= 11 is 1.98. The van der Waals surface area contributed by atoms with E-state index in [-0.39, 0.29) is 23.0 Å². The first-order valence-electron chi connectivity index (χ1n) is 8.48. The van der Waals surface area contributed by atoms with Gasteiger partial charge >= 0.3 is 6.18 Å². The molecule has 0 unspecified atom stereocenters. The molecule has 0 bridgehead atoms. The fourth-order valence-corrected chi connectivity index (χ4v) is 4.02. The van der Waals surface area contributed by atoms with E-state index in [0.29, 0.717) is 10.4 Å². The molecular formula is C20H13F4N3OS2. The van der Waals surface area contributed by atoms with Crippen LogP contribution >= 0.6 is 23.1 Å². The van der Waals surface area contributed by atoms with Crippen molar-refractivity contribution in [3.63, 3.8) is 0 Å². The number of nitrogens with zero attached hydrogens (tertiary/aromatic N) is 2. The Labute approximate surface area is 177 Å². The van der Waals surface area contributed by atoms with Crippen molar-refractivity contribution in [2.75, 3.05) is 5.75 Å². The van der Waals surface area contributed by atoms with E-state index in [9.17, 15) is 27.6 Å². The summed E-state index contributed by atoms with van der Waals surface area (Å²) in [6.45, 7) is 0.140. The Morgan fingerprint density at radius 2 is 1.97 bits per heavy atom. The molecule has 30 heavy (non-hydrogen) atoms. The van der Waals surface area contributed by atoms with Gasteiger partial charge in [0.1, 0.15) is 16.9 Å². The minimum absolute atomic E-state index is 0.0885. The summed E-state index contributed by atoms with van der Waals surface area (Å²) in [4.78, 5) is 16.8. The summed E-state index contributed by atoms with van der Waals surface area (Å²) < 4.78 is 53.4. The zero-order chi connectivity index (χ0) is 21.7. The summed E-state index contributed by atoms with van der Waals surface area (Å²) in [6.07, 6.45) is -4.74. The number of thiophene rings is 1. The number of benzene rings is 1. The highest BCUT2D eigenvalue weighted by Gasteiger charge is 2.36. The van der Waals surface area contributed by atoms with E-state index in [1.54, 1.807) is 23.6 Å². The standard InChI is InChI=1S/C20H13F4N3OS2/c21-13-5-3-12(4-6-13)10-26-18(28)11-30-19-14(9-25)15(20(22,23)24)8-16(27-19)17-2-1-7-29-17/h1-8H,10-11H2,(H,26,28). The fourth-order valence-electron chi connectivity index (χ4n) is 2.50. The number of halogens is 4. The number of hydrogen-bond donors (Lipinski definition) is 1. The third-order valence-corrected chi connectivity index (χ3v) is 5.79. The second-order valence-corrected chi connectivity index (χ2v) is 7.93. The van der Waals surface area contributed by atoms with Gasteiger partial charge in [-0.2, -0.15) is 18.4 Å². The van der Waals surface area contributed by atoms with Gasteiger partial charge in [-0.1, -0.05) is 30.0 Å². The number of thioether (sulfide) groups is 1. The second-order valence-electron chi connectivity index (χ2n) is 6.01. The predicted octanol–water partition coefficient (Wildman–Crippen LogP) is 5.25. The van der Waals surface area contributed by atoms with Crippen LogP contribution < -0.4 is 5.32 Å². The first-order chi connectivity index (χ1) is 14.3. The van der Waals surface area contributed by atoms with Crippen molar-refractivity contribution in [3.8, 4) is 16.6 Å². The molecule has 0 saturated heterocycles. The Morgan fingerprint density at radius 3 is 2.57 bits per heavy atom. The van der Waals surface area contributed by atoms with Gasteiger partial charge < -0.3 is 5.32 Å². The van der Waals surface area contributed by atoms with Gasteiger partial charge in [0.2, 0.25) is 5.91 Å². The second kappa shape index (κ2) is 9.28. The van der Waals surface area contributed by atoms with E-state index < -0.39 is 29.0 Å². The molecule has 3 rings (SSSR count). The van der Waals surface area contributed by atoms with E-state index in [1.165, 1.54) is 35.6 Å². The lowest BCUT2D eigenvalue weighted by molar-refractivity contribution is -0.138. The Bertz CT molecular complexity index is 1080. The number of carbonyl (C=O) groups is 1. The minimum atomic E-state index is -4.74. The fraction of sp³-hybridized carbons (Fsp3) is 0.150. The van der Waals surface area contributed by atoms with Crippen molar-refractivity contribution in [1.29, 1.82) is 5.26 Å². The van der Waals surface area contributed by atoms with Crippen LogP contribution in [0.2, 0.25) is 0 Å². The maximum atomic E-state index is 13.5. The first kappa shape index (κ1) is 21.8. The van der Waals surface area contributed by atoms with Gasteiger partial charge in [0, 0.05) is 6.54 Å². The van der Waals surface area contributed by atoms with Crippen molar-refractivity contribution in [2.24, 2.45) is 0 Å². The van der Waals surface area contributed by atoms with Crippen LogP contribution in [0.15, 0.2) is 52.9 Å². The maximum Gasteiger partial charge on any atom is 0.417 e. The van der Waals surface area contributed by atoms with Gasteiger partial charge in [0.25, 0.3) is 0 Å². The molecule has 1 aromatic carbocycles. The lowest BCUT2D eigenvalue weighted by Crippen LogP contribution is -2.24. The molecule has 4 nitrogen and oxygen atoms in total. The van der Waals surface area contributed by atoms with Crippen LogP contribution in [0.25, 0.3) is 10.6 Å². The van der Waals surface area contributed by atoms with Crippen LogP contribution in [0.1, 0.15) is 16.7 Å². The molecule has 2 heterocycles. The quantitative estimate of drug-likeness (QED) is 0.411. The maximum absolute atomic E-state index is 13.5.